The highest BCUT2D eigenvalue weighted by Gasteiger charge is 2.25. The average Bonchev–Trinajstić information content (AvgIpc) is 2.25. The number of hydrogen-bond donors (Lipinski definition) is 3. The van der Waals surface area contributed by atoms with E-state index >= 15 is 0 Å². The Kier molecular flexibility index (Phi) is 4.29. The summed E-state index contributed by atoms with van der Waals surface area (Å²) in [6, 6.07) is 1.37. The van der Waals surface area contributed by atoms with Crippen molar-refractivity contribution in [3.8, 4) is 0 Å². The maximum atomic E-state index is 11.9. The summed E-state index contributed by atoms with van der Waals surface area (Å²) < 4.78 is 0. The molecule has 0 bridgehead atoms. The van der Waals surface area contributed by atoms with Crippen molar-refractivity contribution >= 4 is 5.91 Å². The van der Waals surface area contributed by atoms with Gasteiger partial charge in [-0.15, -0.1) is 0 Å². The predicted octanol–water partition coefficient (Wildman–Crippen LogP) is 0.820. The molecule has 0 aliphatic carbocycles. The van der Waals surface area contributed by atoms with Crippen molar-refractivity contribution < 1.29 is 9.90 Å². The van der Waals surface area contributed by atoms with Crippen LogP contribution in [0, 0.1) is 12.8 Å². The second kappa shape index (κ2) is 5.35. The molecular formula is C13H20N2O3. The Morgan fingerprint density at radius 2 is 2.17 bits per heavy atom. The van der Waals surface area contributed by atoms with E-state index in [1.165, 1.54) is 12.3 Å². The fraction of sp³-hybridized carbons (Fsp3) is 0.538. The van der Waals surface area contributed by atoms with Gasteiger partial charge in [0.15, 0.2) is 0 Å². The second-order valence-electron chi connectivity index (χ2n) is 5.09. The molecule has 18 heavy (non-hydrogen) atoms. The van der Waals surface area contributed by atoms with Crippen LogP contribution in [0.3, 0.4) is 0 Å². The van der Waals surface area contributed by atoms with Crippen LogP contribution in [0.2, 0.25) is 0 Å². The number of hydrogen-bond acceptors (Lipinski definition) is 3. The first-order valence-electron chi connectivity index (χ1n) is 5.94. The van der Waals surface area contributed by atoms with E-state index in [0.29, 0.717) is 11.1 Å². The van der Waals surface area contributed by atoms with Crippen molar-refractivity contribution in [1.29, 1.82) is 0 Å². The number of aromatic amines is 1. The quantitative estimate of drug-likeness (QED) is 0.742. The van der Waals surface area contributed by atoms with E-state index in [9.17, 15) is 14.7 Å². The van der Waals surface area contributed by atoms with Gasteiger partial charge in [-0.3, -0.25) is 9.59 Å². The highest BCUT2D eigenvalue weighted by atomic mass is 16.3. The van der Waals surface area contributed by atoms with Crippen LogP contribution >= 0.6 is 0 Å². The first-order chi connectivity index (χ1) is 8.24. The number of rotatable bonds is 4. The van der Waals surface area contributed by atoms with Gasteiger partial charge in [0.1, 0.15) is 0 Å². The molecular weight excluding hydrogens is 232 g/mol. The Labute approximate surface area is 106 Å². The standard InChI is InChI=1S/C13H20N2O3/c1-8(2)13(4,18)7-15-12(17)10-6-14-11(16)5-9(10)3/h5-6,8,18H,7H2,1-4H3,(H,14,16)(H,15,17). The third-order valence-electron chi connectivity index (χ3n) is 3.23. The van der Waals surface area contributed by atoms with E-state index in [1.54, 1.807) is 13.8 Å². The van der Waals surface area contributed by atoms with Crippen molar-refractivity contribution in [2.45, 2.75) is 33.3 Å². The van der Waals surface area contributed by atoms with E-state index in [2.05, 4.69) is 10.3 Å². The second-order valence-corrected chi connectivity index (χ2v) is 5.09. The Morgan fingerprint density at radius 3 is 2.67 bits per heavy atom. The fourth-order valence-electron chi connectivity index (χ4n) is 1.38. The number of nitrogens with one attached hydrogen (secondary N) is 2. The summed E-state index contributed by atoms with van der Waals surface area (Å²) in [4.78, 5) is 25.4. The lowest BCUT2D eigenvalue weighted by Crippen LogP contribution is -2.44. The monoisotopic (exact) mass is 252 g/mol. The number of carbonyl (C=O) groups excluding carboxylic acids is 1. The summed E-state index contributed by atoms with van der Waals surface area (Å²) in [6.07, 6.45) is 1.39. The summed E-state index contributed by atoms with van der Waals surface area (Å²) in [5.41, 5.74) is -0.168. The zero-order chi connectivity index (χ0) is 13.9. The molecule has 1 aromatic heterocycles. The molecule has 1 atom stereocenters. The molecule has 0 spiro atoms. The number of aliphatic hydroxyl groups is 1. The van der Waals surface area contributed by atoms with Crippen molar-refractivity contribution in [2.24, 2.45) is 5.92 Å². The van der Waals surface area contributed by atoms with Crippen LogP contribution in [-0.4, -0.2) is 28.1 Å². The molecule has 1 amide bonds. The Bertz CT molecular complexity index is 489. The molecule has 1 heterocycles. The third kappa shape index (κ3) is 3.43. The van der Waals surface area contributed by atoms with E-state index in [1.807, 2.05) is 13.8 Å². The lowest BCUT2D eigenvalue weighted by atomic mass is 9.92. The number of carbonyl (C=O) groups is 1. The largest absolute Gasteiger partial charge is 0.388 e. The number of H-pyrrole nitrogens is 1. The molecule has 5 heteroatoms. The number of aryl methyl sites for hydroxylation is 1. The molecule has 0 fully saturated rings. The Balaban J connectivity index is 2.75. The molecule has 0 radical (unpaired) electrons. The SMILES string of the molecule is Cc1cc(=O)[nH]cc1C(=O)NCC(C)(O)C(C)C. The van der Waals surface area contributed by atoms with Crippen LogP contribution in [0.25, 0.3) is 0 Å². The minimum Gasteiger partial charge on any atom is -0.388 e. The first kappa shape index (κ1) is 14.4. The molecule has 0 aliphatic rings. The van der Waals surface area contributed by atoms with Crippen molar-refractivity contribution in [1.82, 2.24) is 10.3 Å². The van der Waals surface area contributed by atoms with Gasteiger partial charge in [-0.1, -0.05) is 13.8 Å². The van der Waals surface area contributed by atoms with Gasteiger partial charge in [-0.05, 0) is 25.3 Å². The molecule has 100 valence electrons. The van der Waals surface area contributed by atoms with Gasteiger partial charge in [-0.25, -0.2) is 0 Å². The minimum absolute atomic E-state index is 0.0366. The molecule has 0 aromatic carbocycles. The Hall–Kier alpha value is -1.62. The highest BCUT2D eigenvalue weighted by Crippen LogP contribution is 2.14. The highest BCUT2D eigenvalue weighted by molar-refractivity contribution is 5.95. The maximum absolute atomic E-state index is 11.9. The molecule has 1 aromatic rings. The van der Waals surface area contributed by atoms with Gasteiger partial charge in [0.05, 0.1) is 11.2 Å². The van der Waals surface area contributed by atoms with Crippen LogP contribution < -0.4 is 10.9 Å². The molecule has 5 nitrogen and oxygen atoms in total. The van der Waals surface area contributed by atoms with E-state index in [4.69, 9.17) is 0 Å². The summed E-state index contributed by atoms with van der Waals surface area (Å²) in [6.45, 7) is 7.32. The summed E-state index contributed by atoms with van der Waals surface area (Å²) in [5, 5.41) is 12.7. The number of pyridine rings is 1. The van der Waals surface area contributed by atoms with Crippen molar-refractivity contribution in [3.63, 3.8) is 0 Å². The number of aromatic nitrogens is 1. The fourth-order valence-corrected chi connectivity index (χ4v) is 1.38. The Morgan fingerprint density at radius 1 is 1.56 bits per heavy atom. The zero-order valence-corrected chi connectivity index (χ0v) is 11.2. The van der Waals surface area contributed by atoms with Crippen LogP contribution in [-0.2, 0) is 0 Å². The van der Waals surface area contributed by atoms with Gasteiger partial charge in [0.25, 0.3) is 5.91 Å². The van der Waals surface area contributed by atoms with Gasteiger partial charge in [-0.2, -0.15) is 0 Å². The molecule has 0 saturated heterocycles. The average molecular weight is 252 g/mol. The van der Waals surface area contributed by atoms with E-state index in [-0.39, 0.29) is 23.9 Å². The van der Waals surface area contributed by atoms with Gasteiger partial charge >= 0.3 is 0 Å². The normalized spacial score (nSPS) is 14.3. The lowest BCUT2D eigenvalue weighted by molar-refractivity contribution is 0.0142. The van der Waals surface area contributed by atoms with Crippen LogP contribution in [0.15, 0.2) is 17.1 Å². The van der Waals surface area contributed by atoms with Crippen LogP contribution in [0.1, 0.15) is 36.7 Å². The van der Waals surface area contributed by atoms with Gasteiger partial charge < -0.3 is 15.4 Å². The van der Waals surface area contributed by atoms with E-state index in [0.717, 1.165) is 0 Å². The third-order valence-corrected chi connectivity index (χ3v) is 3.23. The molecule has 1 rings (SSSR count). The van der Waals surface area contributed by atoms with Crippen molar-refractivity contribution in [3.05, 3.63) is 33.7 Å². The van der Waals surface area contributed by atoms with Gasteiger partial charge in [0.2, 0.25) is 5.56 Å². The summed E-state index contributed by atoms with van der Waals surface area (Å²) in [5.74, 6) is -0.265. The minimum atomic E-state index is -0.953. The summed E-state index contributed by atoms with van der Waals surface area (Å²) >= 11 is 0. The molecule has 0 aliphatic heterocycles. The lowest BCUT2D eigenvalue weighted by Gasteiger charge is -2.27. The van der Waals surface area contributed by atoms with E-state index < -0.39 is 5.60 Å². The molecule has 3 N–H and O–H groups in total. The van der Waals surface area contributed by atoms with Crippen LogP contribution in [0.5, 0.6) is 0 Å². The smallest absolute Gasteiger partial charge is 0.253 e. The predicted molar refractivity (Wildman–Crippen MR) is 69.6 cm³/mol. The van der Waals surface area contributed by atoms with Crippen LogP contribution in [0.4, 0.5) is 0 Å². The van der Waals surface area contributed by atoms with Crippen molar-refractivity contribution in [2.75, 3.05) is 6.54 Å². The summed E-state index contributed by atoms with van der Waals surface area (Å²) in [7, 11) is 0. The number of amides is 1. The first-order valence-corrected chi connectivity index (χ1v) is 5.94. The maximum Gasteiger partial charge on any atom is 0.253 e. The molecule has 1 unspecified atom stereocenters. The molecule has 0 saturated carbocycles. The zero-order valence-electron chi connectivity index (χ0n) is 11.2. The van der Waals surface area contributed by atoms with Gasteiger partial charge in [0, 0.05) is 18.8 Å². The topological polar surface area (TPSA) is 82.2 Å².